The average molecular weight is 390 g/mol. The molecule has 0 aliphatic carbocycles. The molecule has 24 heavy (non-hydrogen) atoms. The van der Waals surface area contributed by atoms with Gasteiger partial charge in [-0.05, 0) is 46.1 Å². The van der Waals surface area contributed by atoms with Crippen LogP contribution in [0.5, 0.6) is 5.75 Å². The number of anilines is 1. The van der Waals surface area contributed by atoms with Crippen molar-refractivity contribution in [3.63, 3.8) is 0 Å². The highest BCUT2D eigenvalue weighted by molar-refractivity contribution is 9.10. The molecule has 0 spiro atoms. The number of aryl methyl sites for hydroxylation is 1. The van der Waals surface area contributed by atoms with Gasteiger partial charge in [0.15, 0.2) is 0 Å². The zero-order chi connectivity index (χ0) is 16.9. The number of aromatic hydroxyl groups is 1. The van der Waals surface area contributed by atoms with Crippen molar-refractivity contribution < 1.29 is 9.90 Å². The number of para-hydroxylation sites is 1. The number of carbonyl (C=O) groups excluding carboxylic acids is 1. The maximum atomic E-state index is 12.4. The molecule has 0 saturated carbocycles. The molecular weight excluding hydrogens is 370 g/mol. The normalized spacial score (nSPS) is 14.7. The highest BCUT2D eigenvalue weighted by Gasteiger charge is 2.21. The molecule has 0 unspecified atom stereocenters. The van der Waals surface area contributed by atoms with Gasteiger partial charge in [-0.15, -0.1) is 0 Å². The Labute approximate surface area is 150 Å². The van der Waals surface area contributed by atoms with Crippen molar-refractivity contribution in [1.82, 2.24) is 9.88 Å². The zero-order valence-electron chi connectivity index (χ0n) is 13.4. The molecule has 1 aliphatic rings. The molecule has 2 aromatic rings. The maximum absolute atomic E-state index is 12.4. The number of hydrogen-bond donors (Lipinski definition) is 1. The van der Waals surface area contributed by atoms with Crippen LogP contribution in [-0.2, 0) is 11.2 Å². The molecule has 1 aromatic carbocycles. The van der Waals surface area contributed by atoms with Crippen molar-refractivity contribution in [2.24, 2.45) is 0 Å². The third-order valence-corrected chi connectivity index (χ3v) is 4.74. The van der Waals surface area contributed by atoms with Crippen molar-refractivity contribution >= 4 is 27.7 Å². The van der Waals surface area contributed by atoms with Crippen molar-refractivity contribution in [3.05, 3.63) is 52.6 Å². The van der Waals surface area contributed by atoms with Gasteiger partial charge >= 0.3 is 0 Å². The van der Waals surface area contributed by atoms with Crippen LogP contribution in [0.1, 0.15) is 12.0 Å². The molecule has 6 heteroatoms. The number of amides is 1. The van der Waals surface area contributed by atoms with E-state index in [2.05, 4.69) is 25.8 Å². The van der Waals surface area contributed by atoms with Crippen LogP contribution in [0.15, 0.2) is 47.1 Å². The fourth-order valence-electron chi connectivity index (χ4n) is 2.86. The second-order valence-corrected chi connectivity index (χ2v) is 6.75. The van der Waals surface area contributed by atoms with Crippen molar-refractivity contribution in [1.29, 1.82) is 0 Å². The Morgan fingerprint density at radius 1 is 1.12 bits per heavy atom. The SMILES string of the molecule is O=C(CCc1ccccc1O)N1CCN(c2ccc(Br)cn2)CC1. The first-order valence-corrected chi connectivity index (χ1v) is 8.84. The zero-order valence-corrected chi connectivity index (χ0v) is 14.9. The largest absolute Gasteiger partial charge is 0.508 e. The van der Waals surface area contributed by atoms with E-state index in [1.165, 1.54) is 0 Å². The number of piperazine rings is 1. The summed E-state index contributed by atoms with van der Waals surface area (Å²) >= 11 is 3.39. The Morgan fingerprint density at radius 2 is 1.88 bits per heavy atom. The predicted octanol–water partition coefficient (Wildman–Crippen LogP) is 2.83. The Morgan fingerprint density at radius 3 is 2.54 bits per heavy atom. The Hall–Kier alpha value is -2.08. The van der Waals surface area contributed by atoms with Gasteiger partial charge in [0.1, 0.15) is 11.6 Å². The molecule has 1 amide bonds. The molecule has 1 saturated heterocycles. The molecule has 126 valence electrons. The monoisotopic (exact) mass is 389 g/mol. The van der Waals surface area contributed by atoms with Gasteiger partial charge < -0.3 is 14.9 Å². The molecule has 2 heterocycles. The van der Waals surface area contributed by atoms with Crippen LogP contribution in [0.25, 0.3) is 0 Å². The summed E-state index contributed by atoms with van der Waals surface area (Å²) in [4.78, 5) is 20.9. The number of nitrogens with zero attached hydrogens (tertiary/aromatic N) is 3. The van der Waals surface area contributed by atoms with E-state index in [0.717, 1.165) is 28.9 Å². The lowest BCUT2D eigenvalue weighted by molar-refractivity contribution is -0.131. The van der Waals surface area contributed by atoms with Gasteiger partial charge in [0.25, 0.3) is 0 Å². The third kappa shape index (κ3) is 4.06. The van der Waals surface area contributed by atoms with Crippen LogP contribution >= 0.6 is 15.9 Å². The van der Waals surface area contributed by atoms with E-state index in [0.29, 0.717) is 25.9 Å². The summed E-state index contributed by atoms with van der Waals surface area (Å²) in [6.45, 7) is 2.99. The molecule has 5 nitrogen and oxygen atoms in total. The smallest absolute Gasteiger partial charge is 0.223 e. The number of rotatable bonds is 4. The fourth-order valence-corrected chi connectivity index (χ4v) is 3.10. The van der Waals surface area contributed by atoms with Crippen LogP contribution in [0, 0.1) is 0 Å². The fraction of sp³-hybridized carbons (Fsp3) is 0.333. The number of pyridine rings is 1. The quantitative estimate of drug-likeness (QED) is 0.873. The number of phenolic OH excluding ortho intramolecular Hbond substituents is 1. The van der Waals surface area contributed by atoms with Crippen LogP contribution in [0.2, 0.25) is 0 Å². The summed E-state index contributed by atoms with van der Waals surface area (Å²) in [5.41, 5.74) is 0.823. The minimum atomic E-state index is 0.140. The van der Waals surface area contributed by atoms with E-state index in [1.54, 1.807) is 18.3 Å². The topological polar surface area (TPSA) is 56.7 Å². The molecule has 1 fully saturated rings. The lowest BCUT2D eigenvalue weighted by Crippen LogP contribution is -2.49. The van der Waals surface area contributed by atoms with Gasteiger partial charge in [0.2, 0.25) is 5.91 Å². The predicted molar refractivity (Wildman–Crippen MR) is 97.2 cm³/mol. The van der Waals surface area contributed by atoms with Gasteiger partial charge in [-0.3, -0.25) is 4.79 Å². The second-order valence-electron chi connectivity index (χ2n) is 5.83. The minimum Gasteiger partial charge on any atom is -0.508 e. The summed E-state index contributed by atoms with van der Waals surface area (Å²) in [7, 11) is 0. The lowest BCUT2D eigenvalue weighted by atomic mass is 10.1. The number of phenols is 1. The molecule has 0 atom stereocenters. The highest BCUT2D eigenvalue weighted by Crippen LogP contribution is 2.19. The number of carbonyl (C=O) groups is 1. The summed E-state index contributed by atoms with van der Waals surface area (Å²) in [6, 6.07) is 11.1. The summed E-state index contributed by atoms with van der Waals surface area (Å²) in [5.74, 6) is 1.35. The van der Waals surface area contributed by atoms with E-state index >= 15 is 0 Å². The van der Waals surface area contributed by atoms with E-state index in [-0.39, 0.29) is 11.7 Å². The first-order valence-electron chi connectivity index (χ1n) is 8.04. The van der Waals surface area contributed by atoms with Gasteiger partial charge in [-0.25, -0.2) is 4.98 Å². The number of benzene rings is 1. The number of halogens is 1. The molecule has 0 bridgehead atoms. The molecule has 3 rings (SSSR count). The van der Waals surface area contributed by atoms with Crippen LogP contribution in [0.4, 0.5) is 5.82 Å². The van der Waals surface area contributed by atoms with Crippen LogP contribution in [0.3, 0.4) is 0 Å². The molecular formula is C18H20BrN3O2. The van der Waals surface area contributed by atoms with E-state index in [1.807, 2.05) is 29.2 Å². The first-order chi connectivity index (χ1) is 11.6. The van der Waals surface area contributed by atoms with Gasteiger partial charge in [0.05, 0.1) is 0 Å². The number of aromatic nitrogens is 1. The summed E-state index contributed by atoms with van der Waals surface area (Å²) < 4.78 is 0.962. The van der Waals surface area contributed by atoms with E-state index in [4.69, 9.17) is 0 Å². The maximum Gasteiger partial charge on any atom is 0.223 e. The Bertz CT molecular complexity index is 698. The van der Waals surface area contributed by atoms with Crippen LogP contribution < -0.4 is 4.90 Å². The van der Waals surface area contributed by atoms with E-state index < -0.39 is 0 Å². The minimum absolute atomic E-state index is 0.140. The van der Waals surface area contributed by atoms with Gasteiger partial charge in [-0.2, -0.15) is 0 Å². The Balaban J connectivity index is 1.50. The standard InChI is InChI=1S/C18H20BrN3O2/c19-15-6-7-17(20-13-15)21-9-11-22(12-10-21)18(24)8-5-14-3-1-2-4-16(14)23/h1-4,6-7,13,23H,5,8-12H2. The van der Waals surface area contributed by atoms with Gasteiger partial charge in [0, 0.05) is 43.3 Å². The molecule has 1 aliphatic heterocycles. The lowest BCUT2D eigenvalue weighted by Gasteiger charge is -2.35. The first kappa shape index (κ1) is 16.8. The highest BCUT2D eigenvalue weighted by atomic mass is 79.9. The van der Waals surface area contributed by atoms with Crippen molar-refractivity contribution in [3.8, 4) is 5.75 Å². The second kappa shape index (κ2) is 7.66. The summed E-state index contributed by atoms with van der Waals surface area (Å²) in [6.07, 6.45) is 2.79. The Kier molecular flexibility index (Phi) is 5.35. The van der Waals surface area contributed by atoms with Crippen molar-refractivity contribution in [2.45, 2.75) is 12.8 Å². The molecule has 0 radical (unpaired) electrons. The van der Waals surface area contributed by atoms with Gasteiger partial charge in [-0.1, -0.05) is 18.2 Å². The number of hydrogen-bond acceptors (Lipinski definition) is 4. The summed E-state index contributed by atoms with van der Waals surface area (Å²) in [5, 5.41) is 9.77. The third-order valence-electron chi connectivity index (χ3n) is 4.27. The molecule has 1 aromatic heterocycles. The molecule has 1 N–H and O–H groups in total. The van der Waals surface area contributed by atoms with E-state index in [9.17, 15) is 9.90 Å². The van der Waals surface area contributed by atoms with Crippen molar-refractivity contribution in [2.75, 3.05) is 31.1 Å². The average Bonchev–Trinajstić information content (AvgIpc) is 2.62. The van der Waals surface area contributed by atoms with Crippen LogP contribution in [-0.4, -0.2) is 47.1 Å².